The maximum atomic E-state index is 10.2. The van der Waals surface area contributed by atoms with Crippen LogP contribution in [0.5, 0.6) is 0 Å². The van der Waals surface area contributed by atoms with E-state index >= 15 is 0 Å². The van der Waals surface area contributed by atoms with Gasteiger partial charge < -0.3 is 0 Å². The number of benzene rings is 1. The van der Waals surface area contributed by atoms with Crippen molar-refractivity contribution >= 4 is 17.0 Å². The summed E-state index contributed by atoms with van der Waals surface area (Å²) in [6.07, 6.45) is 1.58. The standard InChI is InChI=1S/C11H11N3O/c1-8(12-7-15)11-9-5-3-4-6-10(9)13-14(11)2/h3-6,8H,1-2H3. The molecule has 0 radical (unpaired) electrons. The molecule has 1 heterocycles. The first-order chi connectivity index (χ1) is 7.24. The number of nitrogens with zero attached hydrogens (tertiary/aromatic N) is 3. The second-order valence-electron chi connectivity index (χ2n) is 3.42. The van der Waals surface area contributed by atoms with Crippen molar-refractivity contribution in [1.82, 2.24) is 9.78 Å². The van der Waals surface area contributed by atoms with Gasteiger partial charge in [-0.05, 0) is 13.0 Å². The average Bonchev–Trinajstić information content (AvgIpc) is 2.54. The molecule has 0 aliphatic rings. The fourth-order valence-electron chi connectivity index (χ4n) is 1.80. The molecule has 1 aromatic heterocycles. The van der Waals surface area contributed by atoms with Crippen LogP contribution in [0, 0.1) is 0 Å². The Balaban J connectivity index is 2.68. The molecule has 0 amide bonds. The lowest BCUT2D eigenvalue weighted by molar-refractivity contribution is 0.557. The van der Waals surface area contributed by atoms with Gasteiger partial charge in [0.25, 0.3) is 0 Å². The highest BCUT2D eigenvalue weighted by molar-refractivity contribution is 5.82. The molecule has 2 rings (SSSR count). The van der Waals surface area contributed by atoms with E-state index in [2.05, 4.69) is 10.1 Å². The Morgan fingerprint density at radius 1 is 1.47 bits per heavy atom. The number of aromatic nitrogens is 2. The zero-order valence-corrected chi connectivity index (χ0v) is 8.64. The number of aryl methyl sites for hydroxylation is 1. The zero-order valence-electron chi connectivity index (χ0n) is 8.64. The maximum Gasteiger partial charge on any atom is 0.235 e. The van der Waals surface area contributed by atoms with Gasteiger partial charge in [-0.25, -0.2) is 4.79 Å². The summed E-state index contributed by atoms with van der Waals surface area (Å²) in [4.78, 5) is 13.9. The molecule has 1 unspecified atom stereocenters. The predicted octanol–water partition coefficient (Wildman–Crippen LogP) is 1.97. The third-order valence-electron chi connectivity index (χ3n) is 2.43. The molecular formula is C11H11N3O. The van der Waals surface area contributed by atoms with E-state index in [1.807, 2.05) is 38.2 Å². The van der Waals surface area contributed by atoms with Crippen molar-refractivity contribution in [2.24, 2.45) is 12.0 Å². The van der Waals surface area contributed by atoms with Crippen molar-refractivity contribution < 1.29 is 4.79 Å². The molecule has 0 fully saturated rings. The highest BCUT2D eigenvalue weighted by Crippen LogP contribution is 2.25. The van der Waals surface area contributed by atoms with Crippen LogP contribution in [-0.2, 0) is 11.8 Å². The summed E-state index contributed by atoms with van der Waals surface area (Å²) in [7, 11) is 1.85. The third-order valence-corrected chi connectivity index (χ3v) is 2.43. The van der Waals surface area contributed by atoms with Crippen LogP contribution in [0.2, 0.25) is 0 Å². The number of hydrogen-bond acceptors (Lipinski definition) is 3. The molecule has 4 heteroatoms. The van der Waals surface area contributed by atoms with Crippen molar-refractivity contribution in [1.29, 1.82) is 0 Å². The molecule has 0 aliphatic carbocycles. The molecule has 1 atom stereocenters. The minimum absolute atomic E-state index is 0.208. The lowest BCUT2D eigenvalue weighted by atomic mass is 10.1. The second-order valence-corrected chi connectivity index (χ2v) is 3.42. The largest absolute Gasteiger partial charge is 0.269 e. The van der Waals surface area contributed by atoms with E-state index in [0.29, 0.717) is 0 Å². The molecule has 1 aromatic carbocycles. The van der Waals surface area contributed by atoms with Gasteiger partial charge >= 0.3 is 0 Å². The van der Waals surface area contributed by atoms with Gasteiger partial charge in [0.2, 0.25) is 6.08 Å². The topological polar surface area (TPSA) is 47.2 Å². The van der Waals surface area contributed by atoms with E-state index in [1.54, 1.807) is 10.8 Å². The predicted molar refractivity (Wildman–Crippen MR) is 57.3 cm³/mol. The minimum atomic E-state index is -0.208. The summed E-state index contributed by atoms with van der Waals surface area (Å²) in [6.45, 7) is 1.86. The van der Waals surface area contributed by atoms with Gasteiger partial charge in [-0.2, -0.15) is 10.1 Å². The molecule has 0 saturated heterocycles. The Labute approximate surface area is 87.2 Å². The van der Waals surface area contributed by atoms with Crippen molar-refractivity contribution in [3.8, 4) is 0 Å². The van der Waals surface area contributed by atoms with E-state index in [0.717, 1.165) is 16.6 Å². The number of aliphatic imine (C=N–C) groups is 1. The van der Waals surface area contributed by atoms with Crippen molar-refractivity contribution in [2.45, 2.75) is 13.0 Å². The van der Waals surface area contributed by atoms with E-state index in [1.165, 1.54) is 0 Å². The van der Waals surface area contributed by atoms with Crippen LogP contribution >= 0.6 is 0 Å². The van der Waals surface area contributed by atoms with Gasteiger partial charge in [0.15, 0.2) is 0 Å². The smallest absolute Gasteiger partial charge is 0.235 e. The van der Waals surface area contributed by atoms with Crippen molar-refractivity contribution in [3.05, 3.63) is 30.0 Å². The fraction of sp³-hybridized carbons (Fsp3) is 0.273. The third kappa shape index (κ3) is 1.55. The molecule has 2 aromatic rings. The molecule has 0 bridgehead atoms. The Bertz CT molecular complexity index is 538. The van der Waals surface area contributed by atoms with Gasteiger partial charge in [-0.3, -0.25) is 4.68 Å². The Hall–Kier alpha value is -1.93. The molecule has 0 saturated carbocycles. The highest BCUT2D eigenvalue weighted by atomic mass is 16.1. The molecule has 0 N–H and O–H groups in total. The summed E-state index contributed by atoms with van der Waals surface area (Å²) < 4.78 is 1.76. The van der Waals surface area contributed by atoms with E-state index in [4.69, 9.17) is 0 Å². The van der Waals surface area contributed by atoms with Crippen molar-refractivity contribution in [3.63, 3.8) is 0 Å². The molecule has 76 valence electrons. The number of isocyanates is 1. The summed E-state index contributed by atoms with van der Waals surface area (Å²) in [5.74, 6) is 0. The number of fused-ring (bicyclic) bond motifs is 1. The van der Waals surface area contributed by atoms with Crippen molar-refractivity contribution in [2.75, 3.05) is 0 Å². The number of carbonyl (C=O) groups excluding carboxylic acids is 1. The first-order valence-electron chi connectivity index (χ1n) is 4.72. The summed E-state index contributed by atoms with van der Waals surface area (Å²) in [5.41, 5.74) is 1.86. The van der Waals surface area contributed by atoms with Gasteiger partial charge in [0, 0.05) is 12.4 Å². The lowest BCUT2D eigenvalue weighted by Gasteiger charge is -2.04. The van der Waals surface area contributed by atoms with Crippen LogP contribution in [0.25, 0.3) is 10.9 Å². The molecule has 0 spiro atoms. The SMILES string of the molecule is CC(N=C=O)c1c2ccccc2nn1C. The monoisotopic (exact) mass is 201 g/mol. The van der Waals surface area contributed by atoms with Gasteiger partial charge in [0.1, 0.15) is 6.04 Å². The summed E-state index contributed by atoms with van der Waals surface area (Å²) >= 11 is 0. The average molecular weight is 201 g/mol. The van der Waals surface area contributed by atoms with Crippen LogP contribution in [0.15, 0.2) is 29.3 Å². The molecular weight excluding hydrogens is 190 g/mol. The second kappa shape index (κ2) is 3.67. The van der Waals surface area contributed by atoms with E-state index < -0.39 is 0 Å². The molecule has 4 nitrogen and oxygen atoms in total. The molecule has 15 heavy (non-hydrogen) atoms. The Kier molecular flexibility index (Phi) is 2.35. The van der Waals surface area contributed by atoms with E-state index in [9.17, 15) is 4.79 Å². The quantitative estimate of drug-likeness (QED) is 0.551. The summed E-state index contributed by atoms with van der Waals surface area (Å²) in [6, 6.07) is 7.60. The van der Waals surface area contributed by atoms with Crippen LogP contribution in [0.1, 0.15) is 18.7 Å². The minimum Gasteiger partial charge on any atom is -0.269 e. The van der Waals surface area contributed by atoms with Gasteiger partial charge in [0.05, 0.1) is 11.2 Å². The number of rotatable bonds is 2. The normalized spacial score (nSPS) is 12.4. The first-order valence-corrected chi connectivity index (χ1v) is 4.72. The Morgan fingerprint density at radius 3 is 2.93 bits per heavy atom. The first kappa shape index (κ1) is 9.62. The maximum absolute atomic E-state index is 10.2. The van der Waals surface area contributed by atoms with Crippen LogP contribution in [0.4, 0.5) is 0 Å². The van der Waals surface area contributed by atoms with Gasteiger partial charge in [-0.15, -0.1) is 0 Å². The lowest BCUT2D eigenvalue weighted by Crippen LogP contribution is -2.00. The summed E-state index contributed by atoms with van der Waals surface area (Å²) in [5, 5.41) is 5.38. The number of hydrogen-bond donors (Lipinski definition) is 0. The Morgan fingerprint density at radius 2 is 2.20 bits per heavy atom. The van der Waals surface area contributed by atoms with E-state index in [-0.39, 0.29) is 6.04 Å². The zero-order chi connectivity index (χ0) is 10.8. The highest BCUT2D eigenvalue weighted by Gasteiger charge is 2.13. The van der Waals surface area contributed by atoms with Crippen LogP contribution < -0.4 is 0 Å². The van der Waals surface area contributed by atoms with Crippen LogP contribution in [0.3, 0.4) is 0 Å². The fourth-order valence-corrected chi connectivity index (χ4v) is 1.80. The van der Waals surface area contributed by atoms with Gasteiger partial charge in [-0.1, -0.05) is 18.2 Å². The molecule has 0 aliphatic heterocycles. The van der Waals surface area contributed by atoms with Crippen LogP contribution in [-0.4, -0.2) is 15.9 Å².